The van der Waals surface area contributed by atoms with Crippen LogP contribution in [0.15, 0.2) is 0 Å². The molecule has 1 aromatic rings. The standard InChI is InChI=1S/C14H22N6/c1-15-12-17-13(19-14(18-12)20(2)3)16-11-9-7-4-5-8(6-7)10(9)11/h7-11H,4-6H2,1-3H3,(H2,15,16,17,18,19). The molecule has 20 heavy (non-hydrogen) atoms. The second kappa shape index (κ2) is 4.20. The van der Waals surface area contributed by atoms with Crippen LogP contribution in [0.1, 0.15) is 19.3 Å². The molecular weight excluding hydrogens is 252 g/mol. The molecule has 0 radical (unpaired) electrons. The van der Waals surface area contributed by atoms with Crippen molar-refractivity contribution in [3.8, 4) is 0 Å². The summed E-state index contributed by atoms with van der Waals surface area (Å²) in [6.07, 6.45) is 4.34. The third kappa shape index (κ3) is 1.73. The Morgan fingerprint density at radius 2 is 1.65 bits per heavy atom. The maximum Gasteiger partial charge on any atom is 0.231 e. The van der Waals surface area contributed by atoms with Gasteiger partial charge in [-0.1, -0.05) is 0 Å². The number of nitrogens with zero attached hydrogens (tertiary/aromatic N) is 4. The summed E-state index contributed by atoms with van der Waals surface area (Å²) < 4.78 is 0. The van der Waals surface area contributed by atoms with E-state index in [9.17, 15) is 0 Å². The van der Waals surface area contributed by atoms with Gasteiger partial charge in [-0.25, -0.2) is 0 Å². The molecule has 2 N–H and O–H groups in total. The van der Waals surface area contributed by atoms with Crippen LogP contribution >= 0.6 is 0 Å². The molecule has 3 aliphatic rings. The fourth-order valence-electron chi connectivity index (χ4n) is 4.41. The highest BCUT2D eigenvalue weighted by atomic mass is 15.3. The van der Waals surface area contributed by atoms with Crippen LogP contribution < -0.4 is 15.5 Å². The van der Waals surface area contributed by atoms with Crippen LogP contribution in [-0.2, 0) is 0 Å². The minimum Gasteiger partial charge on any atom is -0.357 e. The Bertz CT molecular complexity index is 514. The summed E-state index contributed by atoms with van der Waals surface area (Å²) in [7, 11) is 5.74. The normalized spacial score (nSPS) is 36.6. The molecule has 0 spiro atoms. The van der Waals surface area contributed by atoms with Crippen LogP contribution in [0.2, 0.25) is 0 Å². The van der Waals surface area contributed by atoms with Gasteiger partial charge >= 0.3 is 0 Å². The molecule has 3 aliphatic carbocycles. The van der Waals surface area contributed by atoms with Crippen molar-refractivity contribution in [3.63, 3.8) is 0 Å². The topological polar surface area (TPSA) is 66.0 Å². The van der Waals surface area contributed by atoms with E-state index in [-0.39, 0.29) is 0 Å². The van der Waals surface area contributed by atoms with Gasteiger partial charge in [0.05, 0.1) is 0 Å². The molecule has 6 heteroatoms. The van der Waals surface area contributed by atoms with Crippen molar-refractivity contribution in [1.29, 1.82) is 0 Å². The Labute approximate surface area is 119 Å². The van der Waals surface area contributed by atoms with E-state index in [1.165, 1.54) is 19.3 Å². The molecule has 2 bridgehead atoms. The van der Waals surface area contributed by atoms with Gasteiger partial charge in [0.15, 0.2) is 0 Å². The highest BCUT2D eigenvalue weighted by Crippen LogP contribution is 2.66. The number of rotatable bonds is 4. The molecule has 0 amide bonds. The lowest BCUT2D eigenvalue weighted by Gasteiger charge is -2.14. The Morgan fingerprint density at radius 1 is 1.00 bits per heavy atom. The van der Waals surface area contributed by atoms with Crippen molar-refractivity contribution < 1.29 is 0 Å². The van der Waals surface area contributed by atoms with Crippen LogP contribution in [-0.4, -0.2) is 42.1 Å². The van der Waals surface area contributed by atoms with E-state index >= 15 is 0 Å². The van der Waals surface area contributed by atoms with Gasteiger partial charge in [0.1, 0.15) is 0 Å². The van der Waals surface area contributed by atoms with E-state index in [0.29, 0.717) is 23.9 Å². The smallest absolute Gasteiger partial charge is 0.231 e. The molecule has 1 heterocycles. The van der Waals surface area contributed by atoms with Gasteiger partial charge in [-0.3, -0.25) is 0 Å². The van der Waals surface area contributed by atoms with Gasteiger partial charge in [0, 0.05) is 27.2 Å². The van der Waals surface area contributed by atoms with E-state index in [1.54, 1.807) is 0 Å². The van der Waals surface area contributed by atoms with E-state index in [4.69, 9.17) is 0 Å². The van der Waals surface area contributed by atoms with Crippen LogP contribution in [0.4, 0.5) is 17.8 Å². The van der Waals surface area contributed by atoms with Gasteiger partial charge in [-0.05, 0) is 42.9 Å². The molecule has 3 saturated carbocycles. The van der Waals surface area contributed by atoms with Gasteiger partial charge in [-0.15, -0.1) is 0 Å². The minimum atomic E-state index is 0.600. The summed E-state index contributed by atoms with van der Waals surface area (Å²) in [5, 5.41) is 6.57. The predicted octanol–water partition coefficient (Wildman–Crippen LogP) is 1.44. The van der Waals surface area contributed by atoms with E-state index in [1.807, 2.05) is 26.0 Å². The molecule has 108 valence electrons. The average molecular weight is 274 g/mol. The van der Waals surface area contributed by atoms with Crippen molar-refractivity contribution in [3.05, 3.63) is 0 Å². The number of hydrogen-bond donors (Lipinski definition) is 2. The maximum absolute atomic E-state index is 4.51. The van der Waals surface area contributed by atoms with Crippen molar-refractivity contribution in [2.45, 2.75) is 25.3 Å². The molecule has 3 fully saturated rings. The summed E-state index contributed by atoms with van der Waals surface area (Å²) in [5.41, 5.74) is 0. The fraction of sp³-hybridized carbons (Fsp3) is 0.786. The molecule has 4 atom stereocenters. The zero-order valence-corrected chi connectivity index (χ0v) is 12.3. The number of fused-ring (bicyclic) bond motifs is 5. The summed E-state index contributed by atoms with van der Waals surface area (Å²) in [6, 6.07) is 0.600. The number of hydrogen-bond acceptors (Lipinski definition) is 6. The first-order chi connectivity index (χ1) is 9.67. The van der Waals surface area contributed by atoms with Crippen molar-refractivity contribution in [1.82, 2.24) is 15.0 Å². The largest absolute Gasteiger partial charge is 0.357 e. The van der Waals surface area contributed by atoms with Crippen molar-refractivity contribution >= 4 is 17.8 Å². The van der Waals surface area contributed by atoms with Gasteiger partial charge in [0.25, 0.3) is 0 Å². The quantitative estimate of drug-likeness (QED) is 0.866. The van der Waals surface area contributed by atoms with Crippen LogP contribution in [0.3, 0.4) is 0 Å². The van der Waals surface area contributed by atoms with E-state index in [2.05, 4.69) is 25.6 Å². The van der Waals surface area contributed by atoms with Crippen LogP contribution in [0.25, 0.3) is 0 Å². The first-order valence-corrected chi connectivity index (χ1v) is 7.55. The molecule has 0 aromatic carbocycles. The first kappa shape index (κ1) is 12.2. The lowest BCUT2D eigenvalue weighted by Crippen LogP contribution is -2.19. The summed E-state index contributed by atoms with van der Waals surface area (Å²) in [6.45, 7) is 0. The Hall–Kier alpha value is -1.59. The van der Waals surface area contributed by atoms with E-state index in [0.717, 1.165) is 23.7 Å². The lowest BCUT2D eigenvalue weighted by atomic mass is 10.0. The number of nitrogens with one attached hydrogen (secondary N) is 2. The number of aromatic nitrogens is 3. The van der Waals surface area contributed by atoms with E-state index < -0.39 is 0 Å². The van der Waals surface area contributed by atoms with Crippen LogP contribution in [0, 0.1) is 23.7 Å². The van der Waals surface area contributed by atoms with Gasteiger partial charge < -0.3 is 15.5 Å². The Morgan fingerprint density at radius 3 is 2.25 bits per heavy atom. The SMILES string of the molecule is CNc1nc(NC2C3C4CCC(C4)C23)nc(N(C)C)n1. The summed E-state index contributed by atoms with van der Waals surface area (Å²) in [4.78, 5) is 15.2. The third-order valence-electron chi connectivity index (χ3n) is 5.28. The summed E-state index contributed by atoms with van der Waals surface area (Å²) >= 11 is 0. The number of anilines is 3. The maximum atomic E-state index is 4.51. The zero-order valence-electron chi connectivity index (χ0n) is 12.3. The molecule has 4 rings (SSSR count). The molecule has 0 aliphatic heterocycles. The zero-order chi connectivity index (χ0) is 13.9. The van der Waals surface area contributed by atoms with Crippen molar-refractivity contribution in [2.24, 2.45) is 23.7 Å². The Balaban J connectivity index is 1.53. The monoisotopic (exact) mass is 274 g/mol. The molecule has 0 saturated heterocycles. The first-order valence-electron chi connectivity index (χ1n) is 7.55. The molecule has 6 nitrogen and oxygen atoms in total. The van der Waals surface area contributed by atoms with Gasteiger partial charge in [-0.2, -0.15) is 15.0 Å². The Kier molecular flexibility index (Phi) is 2.56. The lowest BCUT2D eigenvalue weighted by molar-refractivity contribution is 0.456. The summed E-state index contributed by atoms with van der Waals surface area (Å²) in [5.74, 6) is 5.72. The second-order valence-electron chi connectivity index (χ2n) is 6.59. The fourth-order valence-corrected chi connectivity index (χ4v) is 4.41. The third-order valence-corrected chi connectivity index (χ3v) is 5.28. The second-order valence-corrected chi connectivity index (χ2v) is 6.59. The highest BCUT2D eigenvalue weighted by Gasteiger charge is 2.65. The van der Waals surface area contributed by atoms with Crippen molar-refractivity contribution in [2.75, 3.05) is 36.7 Å². The molecular formula is C14H22N6. The molecule has 4 unspecified atom stereocenters. The minimum absolute atomic E-state index is 0.600. The molecule has 1 aromatic heterocycles. The highest BCUT2D eigenvalue weighted by molar-refractivity contribution is 5.44. The van der Waals surface area contributed by atoms with Gasteiger partial charge in [0.2, 0.25) is 17.8 Å². The predicted molar refractivity (Wildman–Crippen MR) is 78.9 cm³/mol. The average Bonchev–Trinajstić information content (AvgIpc) is 2.85. The van der Waals surface area contributed by atoms with Crippen LogP contribution in [0.5, 0.6) is 0 Å².